The van der Waals surface area contributed by atoms with Gasteiger partial charge in [0.2, 0.25) is 0 Å². The highest BCUT2D eigenvalue weighted by Gasteiger charge is 1.99. The number of rotatable bonds is 3. The second kappa shape index (κ2) is 8.75. The van der Waals surface area contributed by atoms with Crippen LogP contribution in [0.1, 0.15) is 16.8 Å². The first-order valence-corrected chi connectivity index (χ1v) is 4.64. The van der Waals surface area contributed by atoms with Crippen LogP contribution in [-0.2, 0) is 0 Å². The molecule has 17 heavy (non-hydrogen) atoms. The van der Waals surface area contributed by atoms with Crippen molar-refractivity contribution in [3.63, 3.8) is 0 Å². The zero-order valence-corrected chi connectivity index (χ0v) is 9.64. The van der Waals surface area contributed by atoms with Crippen molar-refractivity contribution in [3.8, 4) is 23.6 Å². The van der Waals surface area contributed by atoms with Crippen LogP contribution in [0.4, 0.5) is 0 Å². The Morgan fingerprint density at radius 3 is 1.82 bits per heavy atom. The summed E-state index contributed by atoms with van der Waals surface area (Å²) in [6.07, 6.45) is 0.755. The molecule has 0 aliphatic carbocycles. The summed E-state index contributed by atoms with van der Waals surface area (Å²) in [5.41, 5.74) is 0.547. The number of nitriles is 2. The van der Waals surface area contributed by atoms with E-state index >= 15 is 0 Å². The molecular formula is C12H12N2O3. The summed E-state index contributed by atoms with van der Waals surface area (Å²) in [5, 5.41) is 15.2. The molecule has 0 aromatic heterocycles. The molecule has 0 atom stereocenters. The van der Waals surface area contributed by atoms with Crippen LogP contribution in [0.25, 0.3) is 0 Å². The molecule has 88 valence electrons. The lowest BCUT2D eigenvalue weighted by Crippen LogP contribution is -1.89. The standard InChI is InChI=1S/C9H10O3.C3H2N2/c1-11-8-3-7(6-10)4-9(5-8)12-2;4-2-1-3-5/h3-6H,1-2H3;1H2. The zero-order valence-electron chi connectivity index (χ0n) is 9.64. The minimum absolute atomic E-state index is 0. The Bertz CT molecular complexity index is 410. The maximum atomic E-state index is 10.4. The minimum Gasteiger partial charge on any atom is -0.497 e. The first kappa shape index (κ1) is 14.5. The van der Waals surface area contributed by atoms with Crippen molar-refractivity contribution in [1.82, 2.24) is 0 Å². The van der Waals surface area contributed by atoms with Crippen LogP contribution >= 0.6 is 0 Å². The molecule has 0 aliphatic rings. The van der Waals surface area contributed by atoms with Crippen LogP contribution in [0, 0.1) is 22.7 Å². The third kappa shape index (κ3) is 5.81. The van der Waals surface area contributed by atoms with Crippen LogP contribution in [0.2, 0.25) is 0 Å². The van der Waals surface area contributed by atoms with Crippen molar-refractivity contribution >= 4 is 6.29 Å². The molecule has 0 saturated heterocycles. The predicted octanol–water partition coefficient (Wildman–Crippen LogP) is 1.94. The van der Waals surface area contributed by atoms with Gasteiger partial charge in [-0.3, -0.25) is 4.79 Å². The Labute approximate surface area is 99.8 Å². The van der Waals surface area contributed by atoms with Crippen LogP contribution in [0.5, 0.6) is 11.5 Å². The van der Waals surface area contributed by atoms with E-state index < -0.39 is 0 Å². The van der Waals surface area contributed by atoms with Crippen molar-refractivity contribution < 1.29 is 14.3 Å². The predicted molar refractivity (Wildman–Crippen MR) is 60.8 cm³/mol. The molecule has 0 saturated carbocycles. The monoisotopic (exact) mass is 232 g/mol. The van der Waals surface area contributed by atoms with E-state index in [4.69, 9.17) is 20.0 Å². The van der Waals surface area contributed by atoms with E-state index in [0.717, 1.165) is 6.29 Å². The number of ether oxygens (including phenoxy) is 2. The summed E-state index contributed by atoms with van der Waals surface area (Å²) in [6.45, 7) is 0. The van der Waals surface area contributed by atoms with Gasteiger partial charge in [0, 0.05) is 11.6 Å². The molecule has 5 nitrogen and oxygen atoms in total. The highest BCUT2D eigenvalue weighted by molar-refractivity contribution is 5.76. The number of methoxy groups -OCH3 is 2. The maximum absolute atomic E-state index is 10.4. The molecule has 0 unspecified atom stereocenters. The third-order valence-electron chi connectivity index (χ3n) is 1.67. The molecule has 1 rings (SSSR count). The molecule has 0 amide bonds. The Balaban J connectivity index is 0.000000437. The third-order valence-corrected chi connectivity index (χ3v) is 1.67. The molecule has 0 N–H and O–H groups in total. The van der Waals surface area contributed by atoms with Gasteiger partial charge in [0.1, 0.15) is 24.2 Å². The Hall–Kier alpha value is -2.53. The van der Waals surface area contributed by atoms with Gasteiger partial charge in [0.25, 0.3) is 0 Å². The van der Waals surface area contributed by atoms with Crippen LogP contribution in [-0.4, -0.2) is 20.5 Å². The summed E-state index contributed by atoms with van der Waals surface area (Å²) in [6, 6.07) is 8.32. The molecule has 0 bridgehead atoms. The molecule has 0 fully saturated rings. The van der Waals surface area contributed by atoms with Gasteiger partial charge in [-0.1, -0.05) is 0 Å². The zero-order chi connectivity index (χ0) is 13.1. The Morgan fingerprint density at radius 1 is 1.12 bits per heavy atom. The van der Waals surface area contributed by atoms with Crippen LogP contribution in [0.15, 0.2) is 18.2 Å². The summed E-state index contributed by atoms with van der Waals surface area (Å²) in [7, 11) is 3.09. The van der Waals surface area contributed by atoms with Gasteiger partial charge in [0.15, 0.2) is 0 Å². The number of carbonyl (C=O) groups is 1. The molecule has 0 heterocycles. The van der Waals surface area contributed by atoms with Gasteiger partial charge < -0.3 is 9.47 Å². The molecule has 5 heteroatoms. The largest absolute Gasteiger partial charge is 0.497 e. The van der Waals surface area contributed by atoms with E-state index in [1.165, 1.54) is 0 Å². The van der Waals surface area contributed by atoms with Crippen LogP contribution < -0.4 is 9.47 Å². The van der Waals surface area contributed by atoms with Gasteiger partial charge in [0.05, 0.1) is 26.4 Å². The van der Waals surface area contributed by atoms with Gasteiger partial charge >= 0.3 is 0 Å². The fourth-order valence-electron chi connectivity index (χ4n) is 0.933. The van der Waals surface area contributed by atoms with Gasteiger partial charge in [-0.15, -0.1) is 0 Å². The SMILES string of the molecule is COc1cc(C=O)cc(OC)c1.N#CCC#N. The van der Waals surface area contributed by atoms with E-state index in [1.807, 2.05) is 0 Å². The average Bonchev–Trinajstić information content (AvgIpc) is 2.39. The molecule has 1 aromatic carbocycles. The number of hydrogen-bond donors (Lipinski definition) is 0. The molecule has 0 spiro atoms. The smallest absolute Gasteiger partial charge is 0.150 e. The van der Waals surface area contributed by atoms with Crippen molar-refractivity contribution in [2.24, 2.45) is 0 Å². The Morgan fingerprint density at radius 2 is 1.59 bits per heavy atom. The molecular weight excluding hydrogens is 220 g/mol. The summed E-state index contributed by atoms with van der Waals surface area (Å²) >= 11 is 0. The number of benzene rings is 1. The second-order valence-electron chi connectivity index (χ2n) is 2.76. The lowest BCUT2D eigenvalue weighted by atomic mass is 10.2. The van der Waals surface area contributed by atoms with Crippen molar-refractivity contribution in [2.75, 3.05) is 14.2 Å². The summed E-state index contributed by atoms with van der Waals surface area (Å²) in [5.74, 6) is 1.24. The fourth-order valence-corrected chi connectivity index (χ4v) is 0.933. The highest BCUT2D eigenvalue weighted by atomic mass is 16.5. The van der Waals surface area contributed by atoms with E-state index in [0.29, 0.717) is 17.1 Å². The lowest BCUT2D eigenvalue weighted by molar-refractivity contribution is 0.112. The molecule has 1 aromatic rings. The number of carbonyl (C=O) groups excluding carboxylic acids is 1. The van der Waals surface area contributed by atoms with E-state index in [-0.39, 0.29) is 6.42 Å². The quantitative estimate of drug-likeness (QED) is 0.743. The van der Waals surface area contributed by atoms with E-state index in [1.54, 1.807) is 44.6 Å². The van der Waals surface area contributed by atoms with Crippen molar-refractivity contribution in [3.05, 3.63) is 23.8 Å². The first-order chi connectivity index (χ1) is 8.21. The lowest BCUT2D eigenvalue weighted by Gasteiger charge is -2.04. The van der Waals surface area contributed by atoms with E-state index in [2.05, 4.69) is 0 Å². The van der Waals surface area contributed by atoms with Crippen molar-refractivity contribution in [2.45, 2.75) is 6.42 Å². The van der Waals surface area contributed by atoms with E-state index in [9.17, 15) is 4.79 Å². The number of hydrogen-bond acceptors (Lipinski definition) is 5. The van der Waals surface area contributed by atoms with Crippen LogP contribution in [0.3, 0.4) is 0 Å². The normalized spacial score (nSPS) is 7.76. The summed E-state index contributed by atoms with van der Waals surface area (Å²) in [4.78, 5) is 10.4. The van der Waals surface area contributed by atoms with Gasteiger partial charge in [-0.25, -0.2) is 0 Å². The Kier molecular flexibility index (Phi) is 7.45. The molecule has 0 radical (unpaired) electrons. The fraction of sp³-hybridized carbons (Fsp3) is 0.250. The minimum atomic E-state index is 0. The number of aldehydes is 1. The van der Waals surface area contributed by atoms with Gasteiger partial charge in [-0.2, -0.15) is 10.5 Å². The maximum Gasteiger partial charge on any atom is 0.150 e. The summed E-state index contributed by atoms with van der Waals surface area (Å²) < 4.78 is 9.92. The topological polar surface area (TPSA) is 83.1 Å². The molecule has 0 aliphatic heterocycles. The van der Waals surface area contributed by atoms with Gasteiger partial charge in [-0.05, 0) is 12.1 Å². The highest BCUT2D eigenvalue weighted by Crippen LogP contribution is 2.21. The second-order valence-corrected chi connectivity index (χ2v) is 2.76. The average molecular weight is 232 g/mol. The first-order valence-electron chi connectivity index (χ1n) is 4.64. The number of nitrogens with zero attached hydrogens (tertiary/aromatic N) is 2. The van der Waals surface area contributed by atoms with Crippen molar-refractivity contribution in [1.29, 1.82) is 10.5 Å².